The third-order valence-corrected chi connectivity index (χ3v) is 2.47. The molecule has 0 bridgehead atoms. The first-order valence-electron chi connectivity index (χ1n) is 6.05. The predicted octanol–water partition coefficient (Wildman–Crippen LogP) is 0.511. The van der Waals surface area contributed by atoms with E-state index in [1.165, 1.54) is 17.1 Å². The fourth-order valence-corrected chi connectivity index (χ4v) is 1.54. The van der Waals surface area contributed by atoms with Crippen LogP contribution in [-0.4, -0.2) is 37.2 Å². The van der Waals surface area contributed by atoms with Crippen LogP contribution in [0.3, 0.4) is 0 Å². The van der Waals surface area contributed by atoms with Crippen LogP contribution in [0.5, 0.6) is 0 Å². The molecule has 0 radical (unpaired) electrons. The summed E-state index contributed by atoms with van der Waals surface area (Å²) in [6.07, 6.45) is 5.47. The van der Waals surface area contributed by atoms with Crippen molar-refractivity contribution >= 4 is 5.97 Å². The van der Waals surface area contributed by atoms with E-state index in [2.05, 4.69) is 10.2 Å². The number of carboxylic acids is 1. The van der Waals surface area contributed by atoms with Crippen LogP contribution in [0.4, 0.5) is 0 Å². The number of hydrogen-bond acceptors (Lipinski definition) is 5. The van der Waals surface area contributed by atoms with Crippen molar-refractivity contribution in [3.63, 3.8) is 0 Å². The molecule has 20 heavy (non-hydrogen) atoms. The minimum Gasteiger partial charge on any atom is -0.476 e. The molecule has 2 aromatic rings. The lowest BCUT2D eigenvalue weighted by molar-refractivity contribution is 0.0685. The summed E-state index contributed by atoms with van der Waals surface area (Å²) in [7, 11) is 0. The number of hydrogen-bond donors (Lipinski definition) is 1. The Balaban J connectivity index is 2.22. The average molecular weight is 278 g/mol. The van der Waals surface area contributed by atoms with Gasteiger partial charge in [-0.25, -0.2) is 14.2 Å². The van der Waals surface area contributed by atoms with Crippen LogP contribution in [0.15, 0.2) is 29.5 Å². The third kappa shape index (κ3) is 3.09. The lowest BCUT2D eigenvalue weighted by Gasteiger charge is -2.03. The van der Waals surface area contributed by atoms with Crippen molar-refractivity contribution in [2.75, 3.05) is 6.61 Å². The molecule has 0 unspecified atom stereocenters. The number of aromatic nitrogens is 4. The molecule has 1 N–H and O–H groups in total. The van der Waals surface area contributed by atoms with Crippen molar-refractivity contribution < 1.29 is 14.6 Å². The summed E-state index contributed by atoms with van der Waals surface area (Å²) in [5.74, 6) is -1.36. The monoisotopic (exact) mass is 278 g/mol. The number of carboxylic acid groups (broad SMARTS) is 1. The van der Waals surface area contributed by atoms with Gasteiger partial charge in [0.1, 0.15) is 12.4 Å². The zero-order chi connectivity index (χ0) is 14.5. The summed E-state index contributed by atoms with van der Waals surface area (Å²) in [6.45, 7) is 2.95. The largest absolute Gasteiger partial charge is 0.476 e. The molecular weight excluding hydrogens is 264 g/mol. The van der Waals surface area contributed by atoms with Gasteiger partial charge in [0, 0.05) is 18.9 Å². The van der Waals surface area contributed by atoms with E-state index >= 15 is 0 Å². The van der Waals surface area contributed by atoms with Crippen molar-refractivity contribution in [1.29, 1.82) is 0 Å². The molecule has 0 aliphatic heterocycles. The van der Waals surface area contributed by atoms with Gasteiger partial charge in [-0.2, -0.15) is 10.2 Å². The summed E-state index contributed by atoms with van der Waals surface area (Å²) in [5.41, 5.74) is -0.609. The third-order valence-electron chi connectivity index (χ3n) is 2.47. The van der Waals surface area contributed by atoms with Crippen molar-refractivity contribution in [2.45, 2.75) is 20.1 Å². The molecule has 0 aromatic carbocycles. The molecule has 0 aliphatic rings. The molecule has 0 saturated heterocycles. The van der Waals surface area contributed by atoms with Crippen LogP contribution < -0.4 is 5.43 Å². The van der Waals surface area contributed by atoms with Gasteiger partial charge in [-0.1, -0.05) is 6.92 Å². The van der Waals surface area contributed by atoms with Gasteiger partial charge in [0.05, 0.1) is 12.4 Å². The van der Waals surface area contributed by atoms with Gasteiger partial charge in [0.15, 0.2) is 0 Å². The Morgan fingerprint density at radius 3 is 3.00 bits per heavy atom. The molecule has 8 nitrogen and oxygen atoms in total. The molecule has 2 heterocycles. The van der Waals surface area contributed by atoms with E-state index in [-0.39, 0.29) is 0 Å². The maximum atomic E-state index is 11.3. The van der Waals surface area contributed by atoms with Gasteiger partial charge in [-0.15, -0.1) is 0 Å². The molecule has 0 atom stereocenters. The minimum atomic E-state index is -1.36. The molecule has 2 rings (SSSR count). The van der Waals surface area contributed by atoms with Crippen LogP contribution >= 0.6 is 0 Å². The Kier molecular flexibility index (Phi) is 4.26. The molecule has 0 amide bonds. The van der Waals surface area contributed by atoms with Crippen molar-refractivity contribution in [3.8, 4) is 5.69 Å². The lowest BCUT2D eigenvalue weighted by atomic mass is 10.4. The number of aromatic carboxylic acids is 1. The second-order valence-electron chi connectivity index (χ2n) is 4.05. The normalized spacial score (nSPS) is 10.7. The molecule has 0 aliphatic carbocycles. The fraction of sp³-hybridized carbons (Fsp3) is 0.333. The van der Waals surface area contributed by atoms with Crippen LogP contribution in [0.2, 0.25) is 0 Å². The number of rotatable bonds is 6. The maximum Gasteiger partial charge on any atom is 0.360 e. The Labute approximate surface area is 114 Å². The SMILES string of the molecule is CCCOCn1cc(-n2ccc(=O)c(C(=O)O)n2)cn1. The van der Waals surface area contributed by atoms with E-state index in [1.54, 1.807) is 10.9 Å². The van der Waals surface area contributed by atoms with Gasteiger partial charge in [-0.05, 0) is 6.42 Å². The second kappa shape index (κ2) is 6.11. The lowest BCUT2D eigenvalue weighted by Crippen LogP contribution is -2.20. The highest BCUT2D eigenvalue weighted by Gasteiger charge is 2.11. The summed E-state index contributed by atoms with van der Waals surface area (Å²) >= 11 is 0. The molecule has 106 valence electrons. The van der Waals surface area contributed by atoms with Crippen LogP contribution in [-0.2, 0) is 11.5 Å². The molecule has 0 saturated carbocycles. The Morgan fingerprint density at radius 1 is 1.50 bits per heavy atom. The van der Waals surface area contributed by atoms with Gasteiger partial charge in [-0.3, -0.25) is 4.79 Å². The first-order valence-corrected chi connectivity index (χ1v) is 6.05. The summed E-state index contributed by atoms with van der Waals surface area (Å²) in [6, 6.07) is 1.15. The van der Waals surface area contributed by atoms with Crippen LogP contribution in [0, 0.1) is 0 Å². The number of ether oxygens (including phenoxy) is 1. The highest BCUT2D eigenvalue weighted by molar-refractivity contribution is 5.84. The molecule has 0 spiro atoms. The zero-order valence-electron chi connectivity index (χ0n) is 10.9. The van der Waals surface area contributed by atoms with E-state index in [0.29, 0.717) is 19.0 Å². The smallest absolute Gasteiger partial charge is 0.360 e. The first-order chi connectivity index (χ1) is 9.61. The van der Waals surface area contributed by atoms with Crippen LogP contribution in [0.1, 0.15) is 23.8 Å². The van der Waals surface area contributed by atoms with Crippen molar-refractivity contribution in [3.05, 3.63) is 40.6 Å². The van der Waals surface area contributed by atoms with E-state index in [0.717, 1.165) is 12.5 Å². The Bertz CT molecular complexity index is 661. The van der Waals surface area contributed by atoms with E-state index < -0.39 is 17.1 Å². The van der Waals surface area contributed by atoms with Gasteiger partial charge >= 0.3 is 5.97 Å². The predicted molar refractivity (Wildman–Crippen MR) is 68.8 cm³/mol. The quantitative estimate of drug-likeness (QED) is 0.773. The van der Waals surface area contributed by atoms with Gasteiger partial charge < -0.3 is 9.84 Å². The molecule has 2 aromatic heterocycles. The zero-order valence-corrected chi connectivity index (χ0v) is 10.9. The van der Waals surface area contributed by atoms with Crippen LogP contribution in [0.25, 0.3) is 5.69 Å². The number of carbonyl (C=O) groups is 1. The highest BCUT2D eigenvalue weighted by atomic mass is 16.5. The fourth-order valence-electron chi connectivity index (χ4n) is 1.54. The average Bonchev–Trinajstić information content (AvgIpc) is 2.88. The summed E-state index contributed by atoms with van der Waals surface area (Å²) in [4.78, 5) is 22.2. The van der Waals surface area contributed by atoms with E-state index in [1.807, 2.05) is 6.92 Å². The number of nitrogens with zero attached hydrogens (tertiary/aromatic N) is 4. The molecule has 0 fully saturated rings. The standard InChI is InChI=1S/C12H14N4O4/c1-2-5-20-8-15-7-9(6-13-15)16-4-3-10(17)11(14-16)12(18)19/h3-4,6-7H,2,5,8H2,1H3,(H,18,19). The first kappa shape index (κ1) is 13.9. The van der Waals surface area contributed by atoms with Gasteiger partial charge in [0.2, 0.25) is 11.1 Å². The summed E-state index contributed by atoms with van der Waals surface area (Å²) < 4.78 is 8.17. The summed E-state index contributed by atoms with van der Waals surface area (Å²) in [5, 5.41) is 16.7. The van der Waals surface area contributed by atoms with Gasteiger partial charge in [0.25, 0.3) is 0 Å². The van der Waals surface area contributed by atoms with Crippen molar-refractivity contribution in [2.24, 2.45) is 0 Å². The maximum absolute atomic E-state index is 11.3. The Morgan fingerprint density at radius 2 is 2.30 bits per heavy atom. The molecule has 8 heteroatoms. The minimum absolute atomic E-state index is 0.305. The topological polar surface area (TPSA) is 99.2 Å². The van der Waals surface area contributed by atoms with Crippen molar-refractivity contribution in [1.82, 2.24) is 19.6 Å². The van der Waals surface area contributed by atoms with E-state index in [4.69, 9.17) is 9.84 Å². The van der Waals surface area contributed by atoms with E-state index in [9.17, 15) is 9.59 Å². The second-order valence-corrected chi connectivity index (χ2v) is 4.05. The molecular formula is C12H14N4O4. The highest BCUT2D eigenvalue weighted by Crippen LogP contribution is 2.04. The Hall–Kier alpha value is -2.48.